The summed E-state index contributed by atoms with van der Waals surface area (Å²) in [5.74, 6) is 0.249. The first-order valence-electron chi connectivity index (χ1n) is 12.1. The van der Waals surface area contributed by atoms with Crippen molar-refractivity contribution in [3.63, 3.8) is 0 Å². The maximum atomic E-state index is 12.9. The summed E-state index contributed by atoms with van der Waals surface area (Å²) in [5, 5.41) is 21.0. The lowest BCUT2D eigenvalue weighted by atomic mass is 10.0. The monoisotopic (exact) mass is 460 g/mol. The number of phenolic OH excluding ortho intramolecular Hbond substituents is 1. The second-order valence-electron chi connectivity index (χ2n) is 8.84. The van der Waals surface area contributed by atoms with Gasteiger partial charge in [0.25, 0.3) is 0 Å². The molecule has 3 N–H and O–H groups in total. The Balaban J connectivity index is 1.53. The van der Waals surface area contributed by atoms with Crippen molar-refractivity contribution >= 4 is 17.6 Å². The third-order valence-electron chi connectivity index (χ3n) is 6.35. The molecule has 0 saturated heterocycles. The SMILES string of the molecule is CCC(CC)C(=O)Nc1ccc(O)c(-c2cc(C3CC3)n(C(=O)NCCc3ccccc3)n2)c1. The number of nitrogens with one attached hydrogen (secondary N) is 2. The number of carbonyl (C=O) groups is 2. The number of phenols is 1. The van der Waals surface area contributed by atoms with Gasteiger partial charge in [-0.3, -0.25) is 4.79 Å². The molecule has 7 heteroatoms. The number of benzene rings is 2. The van der Waals surface area contributed by atoms with Crippen LogP contribution in [-0.4, -0.2) is 33.4 Å². The molecule has 1 aromatic heterocycles. The lowest BCUT2D eigenvalue weighted by molar-refractivity contribution is -0.120. The second kappa shape index (κ2) is 10.5. The molecule has 0 spiro atoms. The number of rotatable bonds is 9. The lowest BCUT2D eigenvalue weighted by Crippen LogP contribution is -2.32. The fourth-order valence-corrected chi connectivity index (χ4v) is 4.12. The molecular weight excluding hydrogens is 428 g/mol. The van der Waals surface area contributed by atoms with Crippen LogP contribution in [0.4, 0.5) is 10.5 Å². The minimum absolute atomic E-state index is 0.0383. The molecule has 1 saturated carbocycles. The maximum absolute atomic E-state index is 12.9. The van der Waals surface area contributed by atoms with Crippen LogP contribution in [0.5, 0.6) is 5.75 Å². The van der Waals surface area contributed by atoms with Crippen LogP contribution in [0, 0.1) is 5.92 Å². The van der Waals surface area contributed by atoms with E-state index in [1.807, 2.05) is 50.2 Å². The van der Waals surface area contributed by atoms with Crippen molar-refractivity contribution in [2.75, 3.05) is 11.9 Å². The van der Waals surface area contributed by atoms with Crippen molar-refractivity contribution in [2.45, 2.75) is 51.9 Å². The highest BCUT2D eigenvalue weighted by atomic mass is 16.3. The number of hydrogen-bond donors (Lipinski definition) is 3. The van der Waals surface area contributed by atoms with Gasteiger partial charge >= 0.3 is 6.03 Å². The molecule has 0 radical (unpaired) electrons. The first-order chi connectivity index (χ1) is 16.5. The van der Waals surface area contributed by atoms with E-state index >= 15 is 0 Å². The molecule has 0 atom stereocenters. The summed E-state index contributed by atoms with van der Waals surface area (Å²) in [6.07, 6.45) is 4.29. The number of aromatic nitrogens is 2. The Hall–Kier alpha value is -3.61. The van der Waals surface area contributed by atoms with Crippen LogP contribution in [0.2, 0.25) is 0 Å². The van der Waals surface area contributed by atoms with Gasteiger partial charge < -0.3 is 15.7 Å². The number of anilines is 1. The Morgan fingerprint density at radius 1 is 1.09 bits per heavy atom. The average molecular weight is 461 g/mol. The predicted molar refractivity (Wildman–Crippen MR) is 133 cm³/mol. The van der Waals surface area contributed by atoms with E-state index in [-0.39, 0.29) is 23.6 Å². The molecule has 1 fully saturated rings. The lowest BCUT2D eigenvalue weighted by Gasteiger charge is -2.13. The van der Waals surface area contributed by atoms with Crippen LogP contribution in [0.25, 0.3) is 11.3 Å². The van der Waals surface area contributed by atoms with E-state index < -0.39 is 0 Å². The number of aromatic hydroxyl groups is 1. The molecule has 178 valence electrons. The second-order valence-corrected chi connectivity index (χ2v) is 8.84. The molecule has 34 heavy (non-hydrogen) atoms. The van der Waals surface area contributed by atoms with Crippen molar-refractivity contribution in [2.24, 2.45) is 5.92 Å². The highest BCUT2D eigenvalue weighted by Gasteiger charge is 2.30. The molecule has 0 unspecified atom stereocenters. The Bertz CT molecular complexity index is 1150. The smallest absolute Gasteiger partial charge is 0.342 e. The maximum Gasteiger partial charge on any atom is 0.342 e. The summed E-state index contributed by atoms with van der Waals surface area (Å²) in [4.78, 5) is 25.5. The highest BCUT2D eigenvalue weighted by Crippen LogP contribution is 2.42. The summed E-state index contributed by atoms with van der Waals surface area (Å²) in [6, 6.07) is 16.5. The van der Waals surface area contributed by atoms with E-state index in [1.54, 1.807) is 18.2 Å². The van der Waals surface area contributed by atoms with Crippen LogP contribution >= 0.6 is 0 Å². The summed E-state index contributed by atoms with van der Waals surface area (Å²) < 4.78 is 1.42. The molecule has 0 bridgehead atoms. The van der Waals surface area contributed by atoms with Gasteiger partial charge in [-0.1, -0.05) is 44.2 Å². The van der Waals surface area contributed by atoms with E-state index in [1.165, 1.54) is 4.68 Å². The summed E-state index contributed by atoms with van der Waals surface area (Å²) >= 11 is 0. The Labute approximate surface area is 200 Å². The van der Waals surface area contributed by atoms with Gasteiger partial charge in [0.1, 0.15) is 5.75 Å². The molecule has 3 aromatic rings. The van der Waals surface area contributed by atoms with Crippen molar-refractivity contribution < 1.29 is 14.7 Å². The van der Waals surface area contributed by atoms with Gasteiger partial charge in [0.2, 0.25) is 5.91 Å². The zero-order chi connectivity index (χ0) is 24.1. The Morgan fingerprint density at radius 2 is 1.82 bits per heavy atom. The number of nitrogens with zero attached hydrogens (tertiary/aromatic N) is 2. The fourth-order valence-electron chi connectivity index (χ4n) is 4.12. The van der Waals surface area contributed by atoms with E-state index in [2.05, 4.69) is 15.7 Å². The number of carbonyl (C=O) groups excluding carboxylic acids is 2. The van der Waals surface area contributed by atoms with Crippen LogP contribution < -0.4 is 10.6 Å². The van der Waals surface area contributed by atoms with Crippen molar-refractivity contribution in [3.8, 4) is 17.0 Å². The molecule has 0 aliphatic heterocycles. The van der Waals surface area contributed by atoms with Gasteiger partial charge in [-0.05, 0) is 61.9 Å². The Kier molecular flexibility index (Phi) is 7.30. The summed E-state index contributed by atoms with van der Waals surface area (Å²) in [6.45, 7) is 4.49. The quantitative estimate of drug-likeness (QED) is 0.377. The van der Waals surface area contributed by atoms with Crippen LogP contribution in [0.15, 0.2) is 54.6 Å². The zero-order valence-electron chi connectivity index (χ0n) is 19.8. The first-order valence-corrected chi connectivity index (χ1v) is 12.1. The van der Waals surface area contributed by atoms with Crippen molar-refractivity contribution in [1.82, 2.24) is 15.1 Å². The number of amides is 2. The molecule has 2 aromatic carbocycles. The summed E-state index contributed by atoms with van der Waals surface area (Å²) in [5.41, 5.74) is 3.59. The van der Waals surface area contributed by atoms with Crippen LogP contribution in [-0.2, 0) is 11.2 Å². The molecule has 4 rings (SSSR count). The summed E-state index contributed by atoms with van der Waals surface area (Å²) in [7, 11) is 0. The molecule has 2 amide bonds. The molecule has 1 aliphatic rings. The van der Waals surface area contributed by atoms with Gasteiger partial charge in [0, 0.05) is 29.6 Å². The molecule has 1 aliphatic carbocycles. The van der Waals surface area contributed by atoms with Gasteiger partial charge in [-0.25, -0.2) is 4.79 Å². The van der Waals surface area contributed by atoms with E-state index in [0.717, 1.165) is 43.4 Å². The van der Waals surface area contributed by atoms with Gasteiger partial charge in [0.05, 0.1) is 11.4 Å². The largest absolute Gasteiger partial charge is 0.507 e. The third-order valence-corrected chi connectivity index (χ3v) is 6.35. The van der Waals surface area contributed by atoms with E-state index in [4.69, 9.17) is 0 Å². The van der Waals surface area contributed by atoms with Crippen molar-refractivity contribution in [1.29, 1.82) is 0 Å². The first kappa shape index (κ1) is 23.5. The molecular formula is C27H32N4O3. The standard InChI is InChI=1S/C27H32N4O3/c1-3-19(4-2)26(33)29-21-12-13-25(32)22(16-21)23-17-24(20-10-11-20)31(30-23)27(34)28-15-14-18-8-6-5-7-9-18/h5-9,12-13,16-17,19-20,32H,3-4,10-11,14-15H2,1-2H3,(H,28,34)(H,29,33). The highest BCUT2D eigenvalue weighted by molar-refractivity contribution is 5.93. The van der Waals surface area contributed by atoms with E-state index in [0.29, 0.717) is 29.4 Å². The normalized spacial score (nSPS) is 13.1. The third kappa shape index (κ3) is 5.47. The van der Waals surface area contributed by atoms with Crippen molar-refractivity contribution in [3.05, 3.63) is 65.9 Å². The minimum atomic E-state index is -0.276. The average Bonchev–Trinajstić information content (AvgIpc) is 3.60. The Morgan fingerprint density at radius 3 is 2.50 bits per heavy atom. The van der Waals surface area contributed by atoms with Crippen LogP contribution in [0.1, 0.15) is 56.7 Å². The minimum Gasteiger partial charge on any atom is -0.507 e. The zero-order valence-corrected chi connectivity index (χ0v) is 19.8. The fraction of sp³-hybridized carbons (Fsp3) is 0.370. The topological polar surface area (TPSA) is 96.2 Å². The molecule has 7 nitrogen and oxygen atoms in total. The van der Waals surface area contributed by atoms with Gasteiger partial charge in [-0.15, -0.1) is 0 Å². The van der Waals surface area contributed by atoms with E-state index in [9.17, 15) is 14.7 Å². The molecule has 1 heterocycles. The van der Waals surface area contributed by atoms with Gasteiger partial charge in [0.15, 0.2) is 0 Å². The van der Waals surface area contributed by atoms with Crippen LogP contribution in [0.3, 0.4) is 0 Å². The van der Waals surface area contributed by atoms with Gasteiger partial charge in [-0.2, -0.15) is 9.78 Å². The number of hydrogen-bond acceptors (Lipinski definition) is 4. The predicted octanol–water partition coefficient (Wildman–Crippen LogP) is 5.31.